The first kappa shape index (κ1) is 17.8. The molecule has 1 aromatic carbocycles. The summed E-state index contributed by atoms with van der Waals surface area (Å²) in [5.41, 5.74) is 3.23. The van der Waals surface area contributed by atoms with Gasteiger partial charge in [-0.25, -0.2) is 4.79 Å². The van der Waals surface area contributed by atoms with Gasteiger partial charge in [0.2, 0.25) is 0 Å². The summed E-state index contributed by atoms with van der Waals surface area (Å²) in [6.07, 6.45) is 12.1. The molecule has 0 aromatic heterocycles. The molecule has 2 rings (SSSR count). The van der Waals surface area contributed by atoms with Crippen LogP contribution in [-0.4, -0.2) is 11.1 Å². The maximum Gasteiger partial charge on any atom is 0.328 e. The number of carboxylic acid groups (broad SMARTS) is 1. The second kappa shape index (κ2) is 8.90. The smallest absolute Gasteiger partial charge is 0.328 e. The van der Waals surface area contributed by atoms with Crippen LogP contribution in [0.25, 0.3) is 5.57 Å². The zero-order chi connectivity index (χ0) is 16.7. The van der Waals surface area contributed by atoms with Crippen LogP contribution in [0.2, 0.25) is 0 Å². The molecule has 1 N–H and O–H groups in total. The molecule has 1 fully saturated rings. The standard InChI is InChI=1S/C21H30O2/c1-3-4-5-6-17-7-9-19(10-8-17)20-13-11-18(12-14-20)16(2)15-21(22)23/h11-15,17,19H,3-10H2,1-2H3,(H,22,23). The van der Waals surface area contributed by atoms with Gasteiger partial charge in [0, 0.05) is 6.08 Å². The molecule has 126 valence electrons. The highest BCUT2D eigenvalue weighted by atomic mass is 16.4. The van der Waals surface area contributed by atoms with E-state index < -0.39 is 5.97 Å². The molecule has 1 aliphatic rings. The number of hydrogen-bond donors (Lipinski definition) is 1. The lowest BCUT2D eigenvalue weighted by Gasteiger charge is -2.29. The number of aliphatic carboxylic acids is 1. The van der Waals surface area contributed by atoms with Crippen molar-refractivity contribution < 1.29 is 9.90 Å². The third kappa shape index (κ3) is 5.53. The van der Waals surface area contributed by atoms with Gasteiger partial charge < -0.3 is 5.11 Å². The molecule has 0 aliphatic heterocycles. The Bertz CT molecular complexity index is 519. The topological polar surface area (TPSA) is 37.3 Å². The van der Waals surface area contributed by atoms with Crippen LogP contribution >= 0.6 is 0 Å². The van der Waals surface area contributed by atoms with E-state index in [2.05, 4.69) is 31.2 Å². The van der Waals surface area contributed by atoms with Crippen molar-refractivity contribution in [3.8, 4) is 0 Å². The predicted molar refractivity (Wildman–Crippen MR) is 96.6 cm³/mol. The van der Waals surface area contributed by atoms with Gasteiger partial charge in [-0.15, -0.1) is 0 Å². The number of unbranched alkanes of at least 4 members (excludes halogenated alkanes) is 2. The molecule has 0 atom stereocenters. The molecule has 1 aromatic rings. The minimum Gasteiger partial charge on any atom is -0.478 e. The number of hydrogen-bond acceptors (Lipinski definition) is 1. The van der Waals surface area contributed by atoms with Crippen LogP contribution in [0, 0.1) is 5.92 Å². The fourth-order valence-corrected chi connectivity index (χ4v) is 3.75. The van der Waals surface area contributed by atoms with Gasteiger partial charge >= 0.3 is 5.97 Å². The molecule has 23 heavy (non-hydrogen) atoms. The van der Waals surface area contributed by atoms with Crippen molar-refractivity contribution in [3.05, 3.63) is 41.5 Å². The summed E-state index contributed by atoms with van der Waals surface area (Å²) in [6, 6.07) is 8.52. The van der Waals surface area contributed by atoms with Gasteiger partial charge in [-0.1, -0.05) is 56.9 Å². The number of carbonyl (C=O) groups is 1. The van der Waals surface area contributed by atoms with Gasteiger partial charge in [0.1, 0.15) is 0 Å². The number of carboxylic acids is 1. The fourth-order valence-electron chi connectivity index (χ4n) is 3.75. The third-order valence-corrected chi connectivity index (χ3v) is 5.24. The minimum absolute atomic E-state index is 0.690. The molecule has 0 radical (unpaired) electrons. The Hall–Kier alpha value is -1.57. The zero-order valence-corrected chi connectivity index (χ0v) is 14.6. The van der Waals surface area contributed by atoms with Crippen molar-refractivity contribution >= 4 is 11.5 Å². The Kier molecular flexibility index (Phi) is 6.88. The van der Waals surface area contributed by atoms with E-state index in [9.17, 15) is 4.79 Å². The van der Waals surface area contributed by atoms with Gasteiger partial charge in [0.25, 0.3) is 0 Å². The third-order valence-electron chi connectivity index (χ3n) is 5.24. The van der Waals surface area contributed by atoms with E-state index in [1.807, 2.05) is 6.92 Å². The normalized spacial score (nSPS) is 22.1. The zero-order valence-electron chi connectivity index (χ0n) is 14.6. The Balaban J connectivity index is 1.88. The van der Waals surface area contributed by atoms with Gasteiger partial charge in [0.15, 0.2) is 0 Å². The summed E-state index contributed by atoms with van der Waals surface area (Å²) < 4.78 is 0. The molecule has 1 aliphatic carbocycles. The first-order valence-corrected chi connectivity index (χ1v) is 9.11. The summed E-state index contributed by atoms with van der Waals surface area (Å²) in [7, 11) is 0. The molecule has 0 saturated heterocycles. The van der Waals surface area contributed by atoms with Gasteiger partial charge in [-0.05, 0) is 61.1 Å². The summed E-state index contributed by atoms with van der Waals surface area (Å²) in [5.74, 6) is 0.751. The molecule has 1 saturated carbocycles. The van der Waals surface area contributed by atoms with E-state index in [1.165, 1.54) is 63.0 Å². The highest BCUT2D eigenvalue weighted by molar-refractivity contribution is 5.89. The number of rotatable bonds is 7. The van der Waals surface area contributed by atoms with E-state index in [1.54, 1.807) is 0 Å². The van der Waals surface area contributed by atoms with Crippen LogP contribution in [0.1, 0.15) is 82.3 Å². The van der Waals surface area contributed by atoms with Crippen LogP contribution in [0.4, 0.5) is 0 Å². The van der Waals surface area contributed by atoms with E-state index in [-0.39, 0.29) is 0 Å². The Morgan fingerprint density at radius 3 is 2.35 bits per heavy atom. The van der Waals surface area contributed by atoms with Crippen molar-refractivity contribution in [3.63, 3.8) is 0 Å². The lowest BCUT2D eigenvalue weighted by molar-refractivity contribution is -0.131. The molecule has 0 spiro atoms. The van der Waals surface area contributed by atoms with E-state index >= 15 is 0 Å². The predicted octanol–water partition coefficient (Wildman–Crippen LogP) is 6.03. The monoisotopic (exact) mass is 314 g/mol. The lowest BCUT2D eigenvalue weighted by Crippen LogP contribution is -2.13. The highest BCUT2D eigenvalue weighted by Crippen LogP contribution is 2.38. The van der Waals surface area contributed by atoms with Crippen molar-refractivity contribution in [1.82, 2.24) is 0 Å². The van der Waals surface area contributed by atoms with Crippen molar-refractivity contribution in [2.45, 2.75) is 71.1 Å². The summed E-state index contributed by atoms with van der Waals surface area (Å²) >= 11 is 0. The highest BCUT2D eigenvalue weighted by Gasteiger charge is 2.21. The molecular formula is C21H30O2. The summed E-state index contributed by atoms with van der Waals surface area (Å²) in [4.78, 5) is 10.7. The summed E-state index contributed by atoms with van der Waals surface area (Å²) in [6.45, 7) is 4.12. The van der Waals surface area contributed by atoms with Crippen molar-refractivity contribution in [2.75, 3.05) is 0 Å². The molecule has 0 bridgehead atoms. The maximum absolute atomic E-state index is 10.7. The second-order valence-corrected chi connectivity index (χ2v) is 7.00. The lowest BCUT2D eigenvalue weighted by atomic mass is 9.77. The second-order valence-electron chi connectivity index (χ2n) is 7.00. The molecule has 0 unspecified atom stereocenters. The Labute approximate surface area is 140 Å². The number of allylic oxidation sites excluding steroid dienone is 1. The molecular weight excluding hydrogens is 284 g/mol. The van der Waals surface area contributed by atoms with E-state index in [4.69, 9.17) is 5.11 Å². The van der Waals surface area contributed by atoms with Crippen molar-refractivity contribution in [2.24, 2.45) is 5.92 Å². The average molecular weight is 314 g/mol. The van der Waals surface area contributed by atoms with Crippen LogP contribution in [0.15, 0.2) is 30.3 Å². The maximum atomic E-state index is 10.7. The molecule has 2 heteroatoms. The molecule has 0 amide bonds. The average Bonchev–Trinajstić information content (AvgIpc) is 2.55. The van der Waals surface area contributed by atoms with Gasteiger partial charge in [-0.2, -0.15) is 0 Å². The molecule has 0 heterocycles. The first-order chi connectivity index (χ1) is 11.1. The van der Waals surface area contributed by atoms with E-state index in [0.29, 0.717) is 5.92 Å². The minimum atomic E-state index is -0.882. The largest absolute Gasteiger partial charge is 0.478 e. The Morgan fingerprint density at radius 2 is 1.78 bits per heavy atom. The van der Waals surface area contributed by atoms with Crippen LogP contribution in [-0.2, 0) is 4.79 Å². The van der Waals surface area contributed by atoms with Crippen molar-refractivity contribution in [1.29, 1.82) is 0 Å². The fraction of sp³-hybridized carbons (Fsp3) is 0.571. The van der Waals surface area contributed by atoms with Crippen LogP contribution < -0.4 is 0 Å². The Morgan fingerprint density at radius 1 is 1.13 bits per heavy atom. The quantitative estimate of drug-likeness (QED) is 0.493. The summed E-state index contributed by atoms with van der Waals surface area (Å²) in [5, 5.41) is 8.83. The van der Waals surface area contributed by atoms with E-state index in [0.717, 1.165) is 17.1 Å². The van der Waals surface area contributed by atoms with Gasteiger partial charge in [0.05, 0.1) is 0 Å². The molecule has 2 nitrogen and oxygen atoms in total. The van der Waals surface area contributed by atoms with Crippen LogP contribution in [0.5, 0.6) is 0 Å². The first-order valence-electron chi connectivity index (χ1n) is 9.11. The number of benzene rings is 1. The van der Waals surface area contributed by atoms with Gasteiger partial charge in [-0.3, -0.25) is 0 Å². The van der Waals surface area contributed by atoms with Crippen LogP contribution in [0.3, 0.4) is 0 Å². The SMILES string of the molecule is CCCCCC1CCC(c2ccc(C(C)=CC(=O)O)cc2)CC1.